The van der Waals surface area contributed by atoms with Crippen LogP contribution in [0.25, 0.3) is 6.08 Å². The van der Waals surface area contributed by atoms with E-state index in [0.29, 0.717) is 17.3 Å². The number of unbranched alkanes of at least 4 members (excludes halogenated alkanes) is 1. The Morgan fingerprint density at radius 2 is 2.29 bits per heavy atom. The van der Waals surface area contributed by atoms with Gasteiger partial charge in [-0.05, 0) is 25.5 Å². The second kappa shape index (κ2) is 6.50. The first-order valence-corrected chi connectivity index (χ1v) is 6.22. The number of halogens is 1. The van der Waals surface area contributed by atoms with Crippen molar-refractivity contribution in [1.82, 2.24) is 4.57 Å². The molecule has 0 saturated carbocycles. The molecule has 0 aliphatic heterocycles. The Labute approximate surface area is 107 Å². The van der Waals surface area contributed by atoms with Crippen molar-refractivity contribution in [3.8, 4) is 0 Å². The molecular weight excluding hydrogens is 238 g/mol. The molecule has 1 aromatic rings. The van der Waals surface area contributed by atoms with Gasteiger partial charge in [0.1, 0.15) is 5.69 Å². The molecule has 0 aromatic carbocycles. The summed E-state index contributed by atoms with van der Waals surface area (Å²) in [6.45, 7) is 8.70. The molecule has 0 unspecified atom stereocenters. The molecule has 0 spiro atoms. The van der Waals surface area contributed by atoms with Crippen molar-refractivity contribution in [3.63, 3.8) is 0 Å². The van der Waals surface area contributed by atoms with Gasteiger partial charge >= 0.3 is 5.97 Å². The molecule has 0 radical (unpaired) electrons. The smallest absolute Gasteiger partial charge is 0.356 e. The topological polar surface area (TPSA) is 31.2 Å². The van der Waals surface area contributed by atoms with Crippen LogP contribution in [-0.2, 0) is 11.3 Å². The number of hydrogen-bond acceptors (Lipinski definition) is 2. The Bertz CT molecular complexity index is 410. The zero-order chi connectivity index (χ0) is 12.8. The fourth-order valence-corrected chi connectivity index (χ4v) is 1.96. The van der Waals surface area contributed by atoms with Crippen LogP contribution in [0.3, 0.4) is 0 Å². The number of carbonyl (C=O) groups is 1. The van der Waals surface area contributed by atoms with E-state index in [1.807, 2.05) is 4.57 Å². The van der Waals surface area contributed by atoms with Gasteiger partial charge in [0.05, 0.1) is 11.6 Å². The molecule has 0 amide bonds. The molecule has 1 rings (SSSR count). The lowest BCUT2D eigenvalue weighted by Crippen LogP contribution is -2.13. The van der Waals surface area contributed by atoms with E-state index < -0.39 is 0 Å². The molecule has 0 atom stereocenters. The highest BCUT2D eigenvalue weighted by Crippen LogP contribution is 2.24. The molecule has 3 nitrogen and oxygen atoms in total. The third kappa shape index (κ3) is 3.13. The second-order valence-corrected chi connectivity index (χ2v) is 4.10. The van der Waals surface area contributed by atoms with Gasteiger partial charge < -0.3 is 9.30 Å². The third-order valence-corrected chi connectivity index (χ3v) is 2.78. The Balaban J connectivity index is 3.11. The molecule has 1 aromatic heterocycles. The predicted molar refractivity (Wildman–Crippen MR) is 70.4 cm³/mol. The second-order valence-electron chi connectivity index (χ2n) is 3.70. The van der Waals surface area contributed by atoms with E-state index in [4.69, 9.17) is 16.3 Å². The van der Waals surface area contributed by atoms with Crippen LogP contribution in [-0.4, -0.2) is 17.1 Å². The number of hydrogen-bond donors (Lipinski definition) is 0. The Kier molecular flexibility index (Phi) is 5.29. The van der Waals surface area contributed by atoms with E-state index in [-0.39, 0.29) is 5.97 Å². The van der Waals surface area contributed by atoms with Crippen LogP contribution in [0, 0.1) is 0 Å². The number of nitrogens with zero attached hydrogens (tertiary/aromatic N) is 1. The van der Waals surface area contributed by atoms with Crippen LogP contribution in [0.1, 0.15) is 42.9 Å². The van der Waals surface area contributed by atoms with Gasteiger partial charge in [-0.1, -0.05) is 31.5 Å². The molecule has 0 saturated heterocycles. The molecule has 4 heteroatoms. The summed E-state index contributed by atoms with van der Waals surface area (Å²) >= 11 is 6.07. The maximum atomic E-state index is 11.8. The zero-order valence-electron chi connectivity index (χ0n) is 10.3. The van der Waals surface area contributed by atoms with Gasteiger partial charge in [0, 0.05) is 12.2 Å². The first kappa shape index (κ1) is 13.8. The summed E-state index contributed by atoms with van der Waals surface area (Å²) in [5.41, 5.74) is 1.28. The molecule has 0 aliphatic carbocycles. The summed E-state index contributed by atoms with van der Waals surface area (Å²) in [6.07, 6.45) is 3.73. The lowest BCUT2D eigenvalue weighted by Gasteiger charge is -2.10. The van der Waals surface area contributed by atoms with E-state index in [2.05, 4.69) is 13.5 Å². The summed E-state index contributed by atoms with van der Waals surface area (Å²) in [4.78, 5) is 11.8. The predicted octanol–water partition coefficient (Wildman–Crippen LogP) is 3.76. The minimum atomic E-state index is -0.373. The minimum absolute atomic E-state index is 0.345. The molecule has 0 bridgehead atoms. The van der Waals surface area contributed by atoms with Crippen molar-refractivity contribution < 1.29 is 9.53 Å². The summed E-state index contributed by atoms with van der Waals surface area (Å²) in [5.74, 6) is -0.373. The quantitative estimate of drug-likeness (QED) is 0.725. The Hall–Kier alpha value is -1.22. The van der Waals surface area contributed by atoms with E-state index in [0.717, 1.165) is 25.1 Å². The van der Waals surface area contributed by atoms with Crippen molar-refractivity contribution in [2.45, 2.75) is 33.2 Å². The van der Waals surface area contributed by atoms with Gasteiger partial charge in [0.2, 0.25) is 0 Å². The maximum Gasteiger partial charge on any atom is 0.356 e. The highest BCUT2D eigenvalue weighted by molar-refractivity contribution is 6.33. The summed E-state index contributed by atoms with van der Waals surface area (Å²) in [7, 11) is 0. The summed E-state index contributed by atoms with van der Waals surface area (Å²) in [5, 5.41) is 0.425. The van der Waals surface area contributed by atoms with Gasteiger partial charge in [-0.25, -0.2) is 4.79 Å². The lowest BCUT2D eigenvalue weighted by molar-refractivity contribution is 0.0513. The first-order valence-electron chi connectivity index (χ1n) is 5.84. The third-order valence-electron chi connectivity index (χ3n) is 2.50. The summed E-state index contributed by atoms with van der Waals surface area (Å²) in [6, 6.07) is 1.75. The molecule has 0 N–H and O–H groups in total. The van der Waals surface area contributed by atoms with Gasteiger partial charge in [-0.3, -0.25) is 0 Å². The normalized spacial score (nSPS) is 10.3. The Morgan fingerprint density at radius 1 is 1.59 bits per heavy atom. The van der Waals surface area contributed by atoms with E-state index in [1.54, 1.807) is 19.1 Å². The van der Waals surface area contributed by atoms with Gasteiger partial charge in [-0.15, -0.1) is 0 Å². The average molecular weight is 256 g/mol. The van der Waals surface area contributed by atoms with Crippen LogP contribution < -0.4 is 0 Å². The van der Waals surface area contributed by atoms with Crippen molar-refractivity contribution in [2.75, 3.05) is 6.61 Å². The largest absolute Gasteiger partial charge is 0.461 e. The van der Waals surface area contributed by atoms with Crippen molar-refractivity contribution in [2.24, 2.45) is 0 Å². The fraction of sp³-hybridized carbons (Fsp3) is 0.462. The van der Waals surface area contributed by atoms with E-state index in [9.17, 15) is 4.79 Å². The SMILES string of the molecule is C=Cc1cc(Cl)c(C(=O)OCC)n1CCCC. The summed E-state index contributed by atoms with van der Waals surface area (Å²) < 4.78 is 6.88. The van der Waals surface area contributed by atoms with E-state index >= 15 is 0 Å². The Morgan fingerprint density at radius 3 is 2.82 bits per heavy atom. The fourth-order valence-electron chi connectivity index (χ4n) is 1.67. The molecule has 94 valence electrons. The van der Waals surface area contributed by atoms with Gasteiger partial charge in [0.25, 0.3) is 0 Å². The molecule has 17 heavy (non-hydrogen) atoms. The zero-order valence-corrected chi connectivity index (χ0v) is 11.1. The number of ether oxygens (including phenoxy) is 1. The number of esters is 1. The molecule has 0 fully saturated rings. The van der Waals surface area contributed by atoms with E-state index in [1.165, 1.54) is 0 Å². The minimum Gasteiger partial charge on any atom is -0.461 e. The monoisotopic (exact) mass is 255 g/mol. The lowest BCUT2D eigenvalue weighted by atomic mass is 10.3. The van der Waals surface area contributed by atoms with Crippen LogP contribution in [0.15, 0.2) is 12.6 Å². The number of rotatable bonds is 6. The van der Waals surface area contributed by atoms with Crippen molar-refractivity contribution in [3.05, 3.63) is 29.1 Å². The molecule has 1 heterocycles. The van der Waals surface area contributed by atoms with Gasteiger partial charge in [0.15, 0.2) is 0 Å². The van der Waals surface area contributed by atoms with Crippen LogP contribution in [0.5, 0.6) is 0 Å². The average Bonchev–Trinajstić information content (AvgIpc) is 2.63. The van der Waals surface area contributed by atoms with Crippen LogP contribution >= 0.6 is 11.6 Å². The van der Waals surface area contributed by atoms with Crippen LogP contribution in [0.2, 0.25) is 5.02 Å². The van der Waals surface area contributed by atoms with Gasteiger partial charge in [-0.2, -0.15) is 0 Å². The van der Waals surface area contributed by atoms with Crippen molar-refractivity contribution in [1.29, 1.82) is 0 Å². The number of aromatic nitrogens is 1. The maximum absolute atomic E-state index is 11.8. The number of carbonyl (C=O) groups excluding carboxylic acids is 1. The molecular formula is C13H18ClNO2. The van der Waals surface area contributed by atoms with Crippen molar-refractivity contribution >= 4 is 23.6 Å². The highest BCUT2D eigenvalue weighted by atomic mass is 35.5. The first-order chi connectivity index (χ1) is 8.15. The van der Waals surface area contributed by atoms with Crippen LogP contribution in [0.4, 0.5) is 0 Å². The highest BCUT2D eigenvalue weighted by Gasteiger charge is 2.19. The standard InChI is InChI=1S/C13H18ClNO2/c1-4-7-8-15-10(5-2)9-11(14)12(15)13(16)17-6-3/h5,9H,2,4,6-8H2,1,3H3. The molecule has 0 aliphatic rings.